The Morgan fingerprint density at radius 1 is 1.38 bits per heavy atom. The highest BCUT2D eigenvalue weighted by Gasteiger charge is 2.28. The van der Waals surface area contributed by atoms with E-state index in [1.165, 1.54) is 24.8 Å². The van der Waals surface area contributed by atoms with Gasteiger partial charge in [0, 0.05) is 44.1 Å². The van der Waals surface area contributed by atoms with Crippen LogP contribution in [0.1, 0.15) is 36.7 Å². The van der Waals surface area contributed by atoms with Gasteiger partial charge < -0.3 is 10.1 Å². The van der Waals surface area contributed by atoms with Gasteiger partial charge in [-0.3, -0.25) is 9.58 Å². The van der Waals surface area contributed by atoms with Gasteiger partial charge in [0.1, 0.15) is 11.6 Å². The predicted octanol–water partition coefficient (Wildman–Crippen LogP) is 1.75. The van der Waals surface area contributed by atoms with Gasteiger partial charge >= 0.3 is 0 Å². The molecule has 1 atom stereocenters. The summed E-state index contributed by atoms with van der Waals surface area (Å²) in [6.45, 7) is 3.10. The van der Waals surface area contributed by atoms with Crippen LogP contribution in [-0.4, -0.2) is 50.4 Å². The van der Waals surface area contributed by atoms with Crippen LogP contribution in [0.15, 0.2) is 24.7 Å². The van der Waals surface area contributed by atoms with E-state index >= 15 is 0 Å². The lowest BCUT2D eigenvalue weighted by molar-refractivity contribution is -0.0159. The molecule has 1 unspecified atom stereocenters. The van der Waals surface area contributed by atoms with Crippen LogP contribution >= 0.6 is 0 Å². The van der Waals surface area contributed by atoms with Crippen LogP contribution in [0.2, 0.25) is 0 Å². The maximum absolute atomic E-state index is 5.70. The maximum atomic E-state index is 5.70. The third kappa shape index (κ3) is 3.42. The Hall–Kier alpha value is -1.99. The molecule has 0 spiro atoms. The van der Waals surface area contributed by atoms with Crippen molar-refractivity contribution < 1.29 is 4.74 Å². The highest BCUT2D eigenvalue weighted by molar-refractivity contribution is 5.35. The molecular weight excluding hydrogens is 304 g/mol. The molecule has 0 aromatic carbocycles. The van der Waals surface area contributed by atoms with Crippen LogP contribution in [0.5, 0.6) is 0 Å². The molecule has 24 heavy (non-hydrogen) atoms. The van der Waals surface area contributed by atoms with E-state index in [4.69, 9.17) is 9.72 Å². The van der Waals surface area contributed by atoms with Crippen molar-refractivity contribution in [1.82, 2.24) is 24.6 Å². The number of ether oxygens (including phenoxy) is 1. The van der Waals surface area contributed by atoms with Gasteiger partial charge in [-0.1, -0.05) is 0 Å². The van der Waals surface area contributed by atoms with Gasteiger partial charge in [0.2, 0.25) is 0 Å². The van der Waals surface area contributed by atoms with Crippen LogP contribution in [0.4, 0.5) is 5.82 Å². The van der Waals surface area contributed by atoms with E-state index in [2.05, 4.69) is 26.5 Å². The number of aromatic nitrogens is 4. The number of aryl methyl sites for hydroxylation is 1. The van der Waals surface area contributed by atoms with Crippen molar-refractivity contribution in [3.63, 3.8) is 0 Å². The van der Waals surface area contributed by atoms with Crippen molar-refractivity contribution in [2.24, 2.45) is 7.05 Å². The molecule has 1 saturated carbocycles. The van der Waals surface area contributed by atoms with Crippen LogP contribution in [0.3, 0.4) is 0 Å². The number of hydrogen-bond donors (Lipinski definition) is 1. The minimum Gasteiger partial charge on any atom is -0.378 e. The highest BCUT2D eigenvalue weighted by Crippen LogP contribution is 2.26. The monoisotopic (exact) mass is 328 g/mol. The van der Waals surface area contributed by atoms with Gasteiger partial charge in [0.25, 0.3) is 0 Å². The summed E-state index contributed by atoms with van der Waals surface area (Å²) in [7, 11) is 1.94. The van der Waals surface area contributed by atoms with E-state index in [9.17, 15) is 0 Å². The molecule has 3 heterocycles. The Morgan fingerprint density at radius 2 is 2.29 bits per heavy atom. The number of rotatable bonds is 5. The summed E-state index contributed by atoms with van der Waals surface area (Å²) in [5, 5.41) is 7.76. The largest absolute Gasteiger partial charge is 0.378 e. The zero-order valence-corrected chi connectivity index (χ0v) is 14.1. The number of anilines is 1. The third-order valence-electron chi connectivity index (χ3n) is 4.81. The SMILES string of the molecule is Cn1cc(CN2CCOCC2c2nccc(NC3CCC3)n2)cn1. The maximum Gasteiger partial charge on any atom is 0.150 e. The second-order valence-corrected chi connectivity index (χ2v) is 6.66. The van der Waals surface area contributed by atoms with Gasteiger partial charge in [-0.15, -0.1) is 0 Å². The zero-order chi connectivity index (χ0) is 16.4. The Labute approximate surface area is 142 Å². The molecule has 2 aromatic heterocycles. The zero-order valence-electron chi connectivity index (χ0n) is 14.1. The second kappa shape index (κ2) is 6.86. The average molecular weight is 328 g/mol. The van der Waals surface area contributed by atoms with Gasteiger partial charge in [0.15, 0.2) is 0 Å². The molecule has 2 fully saturated rings. The predicted molar refractivity (Wildman–Crippen MR) is 90.5 cm³/mol. The summed E-state index contributed by atoms with van der Waals surface area (Å²) >= 11 is 0. The lowest BCUT2D eigenvalue weighted by Gasteiger charge is -2.34. The summed E-state index contributed by atoms with van der Waals surface area (Å²) in [4.78, 5) is 11.6. The number of morpholine rings is 1. The van der Waals surface area contributed by atoms with Crippen molar-refractivity contribution in [3.05, 3.63) is 36.0 Å². The fraction of sp³-hybridized carbons (Fsp3) is 0.588. The molecule has 7 heteroatoms. The molecule has 1 saturated heterocycles. The molecular formula is C17H24N6O. The lowest BCUT2D eigenvalue weighted by Crippen LogP contribution is -2.40. The molecule has 4 rings (SSSR count). The Kier molecular flexibility index (Phi) is 4.44. The van der Waals surface area contributed by atoms with E-state index in [0.29, 0.717) is 12.6 Å². The first kappa shape index (κ1) is 15.5. The van der Waals surface area contributed by atoms with Crippen LogP contribution in [-0.2, 0) is 18.3 Å². The van der Waals surface area contributed by atoms with Crippen molar-refractivity contribution in [2.45, 2.75) is 37.9 Å². The highest BCUT2D eigenvalue weighted by atomic mass is 16.5. The molecule has 7 nitrogen and oxygen atoms in total. The van der Waals surface area contributed by atoms with Crippen LogP contribution in [0.25, 0.3) is 0 Å². The molecule has 1 N–H and O–H groups in total. The normalized spacial score (nSPS) is 22.3. The first-order chi connectivity index (χ1) is 11.8. The smallest absolute Gasteiger partial charge is 0.150 e. The van der Waals surface area contributed by atoms with E-state index in [-0.39, 0.29) is 6.04 Å². The van der Waals surface area contributed by atoms with E-state index in [1.54, 1.807) is 0 Å². The van der Waals surface area contributed by atoms with Crippen molar-refractivity contribution in [3.8, 4) is 0 Å². The van der Waals surface area contributed by atoms with Gasteiger partial charge in [-0.25, -0.2) is 9.97 Å². The first-order valence-electron chi connectivity index (χ1n) is 8.67. The molecule has 0 radical (unpaired) electrons. The fourth-order valence-corrected chi connectivity index (χ4v) is 3.23. The summed E-state index contributed by atoms with van der Waals surface area (Å²) in [6, 6.07) is 2.61. The van der Waals surface area contributed by atoms with Crippen molar-refractivity contribution in [2.75, 3.05) is 25.1 Å². The van der Waals surface area contributed by atoms with E-state index < -0.39 is 0 Å². The quantitative estimate of drug-likeness (QED) is 0.902. The molecule has 2 aliphatic rings. The standard InChI is InChI=1S/C17H24N6O/c1-22-10-13(9-19-22)11-23-7-8-24-12-15(23)17-18-6-5-16(21-17)20-14-3-2-4-14/h5-6,9-10,14-15H,2-4,7-8,11-12H2,1H3,(H,18,20,21). The van der Waals surface area contributed by atoms with Gasteiger partial charge in [-0.2, -0.15) is 5.10 Å². The molecule has 0 amide bonds. The Bertz CT molecular complexity index is 683. The first-order valence-corrected chi connectivity index (χ1v) is 8.67. The molecule has 1 aliphatic carbocycles. The van der Waals surface area contributed by atoms with Crippen LogP contribution in [0, 0.1) is 0 Å². The number of nitrogens with one attached hydrogen (secondary N) is 1. The Morgan fingerprint density at radius 3 is 3.04 bits per heavy atom. The molecule has 1 aliphatic heterocycles. The average Bonchev–Trinajstić information content (AvgIpc) is 2.97. The minimum atomic E-state index is 0.0853. The van der Waals surface area contributed by atoms with E-state index in [1.807, 2.05) is 30.2 Å². The number of hydrogen-bond acceptors (Lipinski definition) is 6. The topological polar surface area (TPSA) is 68.1 Å². The summed E-state index contributed by atoms with van der Waals surface area (Å²) < 4.78 is 7.54. The Balaban J connectivity index is 1.50. The lowest BCUT2D eigenvalue weighted by atomic mass is 9.93. The molecule has 128 valence electrons. The molecule has 0 bridgehead atoms. The number of nitrogens with zero attached hydrogens (tertiary/aromatic N) is 5. The van der Waals surface area contributed by atoms with Crippen molar-refractivity contribution >= 4 is 5.82 Å². The fourth-order valence-electron chi connectivity index (χ4n) is 3.23. The second-order valence-electron chi connectivity index (χ2n) is 6.66. The third-order valence-corrected chi connectivity index (χ3v) is 4.81. The van der Waals surface area contributed by atoms with Gasteiger partial charge in [0.05, 0.1) is 25.5 Å². The van der Waals surface area contributed by atoms with Crippen molar-refractivity contribution in [1.29, 1.82) is 0 Å². The van der Waals surface area contributed by atoms with Crippen LogP contribution < -0.4 is 5.32 Å². The summed E-state index contributed by atoms with van der Waals surface area (Å²) in [5.41, 5.74) is 1.20. The molecule has 2 aromatic rings. The summed E-state index contributed by atoms with van der Waals surface area (Å²) in [6.07, 6.45) is 9.60. The van der Waals surface area contributed by atoms with E-state index in [0.717, 1.165) is 31.3 Å². The minimum absolute atomic E-state index is 0.0853. The summed E-state index contributed by atoms with van der Waals surface area (Å²) in [5.74, 6) is 1.76. The van der Waals surface area contributed by atoms with Gasteiger partial charge in [-0.05, 0) is 25.3 Å².